The Kier molecular flexibility index (Phi) is 6.11. The summed E-state index contributed by atoms with van der Waals surface area (Å²) in [6.45, 7) is 1.16. The number of nitrogens with one attached hydrogen (secondary N) is 2. The van der Waals surface area contributed by atoms with Crippen LogP contribution in [0.4, 0.5) is 13.2 Å². The SMILES string of the molecule is C[C@H](NC(=O)[C@H](Cc1ccccc1)NC(=O)C(F)(F)F)C(=O)O. The first-order valence-electron chi connectivity index (χ1n) is 6.56. The summed E-state index contributed by atoms with van der Waals surface area (Å²) in [6, 6.07) is 5.21. The zero-order chi connectivity index (χ0) is 17.6. The molecule has 0 radical (unpaired) electrons. The Morgan fingerprint density at radius 2 is 1.70 bits per heavy atom. The molecular formula is C14H15F3N2O4. The van der Waals surface area contributed by atoms with E-state index in [-0.39, 0.29) is 6.42 Å². The Morgan fingerprint density at radius 1 is 1.13 bits per heavy atom. The minimum absolute atomic E-state index is 0.208. The van der Waals surface area contributed by atoms with Gasteiger partial charge in [0.25, 0.3) is 0 Å². The van der Waals surface area contributed by atoms with Crippen molar-refractivity contribution in [3.05, 3.63) is 35.9 Å². The molecular weight excluding hydrogens is 317 g/mol. The smallest absolute Gasteiger partial charge is 0.471 e. The second-order valence-electron chi connectivity index (χ2n) is 4.78. The van der Waals surface area contributed by atoms with Crippen LogP contribution in [0.25, 0.3) is 0 Å². The first-order chi connectivity index (χ1) is 10.6. The van der Waals surface area contributed by atoms with Crippen molar-refractivity contribution in [3.63, 3.8) is 0 Å². The van der Waals surface area contributed by atoms with Gasteiger partial charge in [0.2, 0.25) is 5.91 Å². The number of carboxylic acid groups (broad SMARTS) is 1. The van der Waals surface area contributed by atoms with Crippen molar-refractivity contribution < 1.29 is 32.7 Å². The van der Waals surface area contributed by atoms with Crippen molar-refractivity contribution in [2.45, 2.75) is 31.6 Å². The van der Waals surface area contributed by atoms with Gasteiger partial charge in [0.1, 0.15) is 12.1 Å². The first-order valence-corrected chi connectivity index (χ1v) is 6.56. The molecule has 0 aromatic heterocycles. The maximum absolute atomic E-state index is 12.4. The van der Waals surface area contributed by atoms with Gasteiger partial charge in [-0.15, -0.1) is 0 Å². The van der Waals surface area contributed by atoms with E-state index in [1.807, 2.05) is 5.32 Å². The second kappa shape index (κ2) is 7.61. The van der Waals surface area contributed by atoms with E-state index < -0.39 is 36.0 Å². The minimum atomic E-state index is -5.15. The van der Waals surface area contributed by atoms with Gasteiger partial charge in [-0.2, -0.15) is 13.2 Å². The van der Waals surface area contributed by atoms with E-state index in [1.54, 1.807) is 35.6 Å². The zero-order valence-electron chi connectivity index (χ0n) is 12.1. The van der Waals surface area contributed by atoms with Crippen LogP contribution >= 0.6 is 0 Å². The molecule has 2 amide bonds. The largest absolute Gasteiger partial charge is 0.480 e. The summed E-state index contributed by atoms with van der Waals surface area (Å²) in [4.78, 5) is 33.7. The van der Waals surface area contributed by atoms with E-state index in [2.05, 4.69) is 0 Å². The van der Waals surface area contributed by atoms with E-state index >= 15 is 0 Å². The maximum Gasteiger partial charge on any atom is 0.471 e. The third-order valence-corrected chi connectivity index (χ3v) is 2.89. The van der Waals surface area contributed by atoms with Crippen molar-refractivity contribution in [2.24, 2.45) is 0 Å². The number of carbonyl (C=O) groups excluding carboxylic acids is 2. The summed E-state index contributed by atoms with van der Waals surface area (Å²) in [7, 11) is 0. The van der Waals surface area contributed by atoms with Crippen molar-refractivity contribution in [3.8, 4) is 0 Å². The molecule has 0 heterocycles. The van der Waals surface area contributed by atoms with E-state index in [0.29, 0.717) is 5.56 Å². The Labute approximate surface area is 129 Å². The summed E-state index contributed by atoms with van der Waals surface area (Å²) in [5.74, 6) is -4.63. The Balaban J connectivity index is 2.89. The van der Waals surface area contributed by atoms with Crippen LogP contribution in [0.2, 0.25) is 0 Å². The van der Waals surface area contributed by atoms with Crippen molar-refractivity contribution in [1.82, 2.24) is 10.6 Å². The number of hydrogen-bond acceptors (Lipinski definition) is 3. The molecule has 0 spiro atoms. The summed E-state index contributed by atoms with van der Waals surface area (Å²) >= 11 is 0. The molecule has 0 fully saturated rings. The molecule has 6 nitrogen and oxygen atoms in total. The number of rotatable bonds is 6. The summed E-state index contributed by atoms with van der Waals surface area (Å²) in [5, 5.41) is 12.3. The van der Waals surface area contributed by atoms with E-state index in [0.717, 1.165) is 6.92 Å². The lowest BCUT2D eigenvalue weighted by Crippen LogP contribution is -2.54. The fraction of sp³-hybridized carbons (Fsp3) is 0.357. The summed E-state index contributed by atoms with van der Waals surface area (Å²) < 4.78 is 37.1. The molecule has 0 aliphatic carbocycles. The fourth-order valence-electron chi connectivity index (χ4n) is 1.67. The topological polar surface area (TPSA) is 95.5 Å². The number of hydrogen-bond donors (Lipinski definition) is 3. The van der Waals surface area contributed by atoms with E-state index in [4.69, 9.17) is 5.11 Å². The van der Waals surface area contributed by atoms with Gasteiger partial charge in [-0.1, -0.05) is 30.3 Å². The monoisotopic (exact) mass is 332 g/mol. The molecule has 0 saturated heterocycles. The van der Waals surface area contributed by atoms with Gasteiger partial charge in [-0.05, 0) is 12.5 Å². The molecule has 0 aliphatic rings. The molecule has 0 aliphatic heterocycles. The molecule has 1 aromatic rings. The standard InChI is InChI=1S/C14H15F3N2O4/c1-8(12(21)22)18-11(20)10(19-13(23)14(15,16)17)7-9-5-3-2-4-6-9/h2-6,8,10H,7H2,1H3,(H,18,20)(H,19,23)(H,21,22)/t8-,10-/m0/s1. The van der Waals surface area contributed by atoms with Gasteiger partial charge < -0.3 is 15.7 Å². The van der Waals surface area contributed by atoms with Crippen LogP contribution < -0.4 is 10.6 Å². The van der Waals surface area contributed by atoms with Crippen molar-refractivity contribution in [1.29, 1.82) is 0 Å². The van der Waals surface area contributed by atoms with Gasteiger partial charge in [0.05, 0.1) is 0 Å². The molecule has 1 aromatic carbocycles. The molecule has 0 bridgehead atoms. The predicted octanol–water partition coefficient (Wildman–Crippen LogP) is 0.865. The second-order valence-corrected chi connectivity index (χ2v) is 4.78. The number of carboxylic acids is 1. The highest BCUT2D eigenvalue weighted by Gasteiger charge is 2.41. The molecule has 0 saturated carbocycles. The number of carbonyl (C=O) groups is 3. The Morgan fingerprint density at radius 3 is 2.17 bits per heavy atom. The van der Waals surface area contributed by atoms with Crippen LogP contribution in [0.5, 0.6) is 0 Å². The fourth-order valence-corrected chi connectivity index (χ4v) is 1.67. The lowest BCUT2D eigenvalue weighted by molar-refractivity contribution is -0.174. The number of benzene rings is 1. The lowest BCUT2D eigenvalue weighted by atomic mass is 10.0. The van der Waals surface area contributed by atoms with Gasteiger partial charge in [-0.25, -0.2) is 0 Å². The average molecular weight is 332 g/mol. The molecule has 126 valence electrons. The summed E-state index contributed by atoms with van der Waals surface area (Å²) in [5.41, 5.74) is 0.512. The lowest BCUT2D eigenvalue weighted by Gasteiger charge is -2.20. The average Bonchev–Trinajstić information content (AvgIpc) is 2.46. The van der Waals surface area contributed by atoms with Crippen molar-refractivity contribution in [2.75, 3.05) is 0 Å². The van der Waals surface area contributed by atoms with Crippen LogP contribution in [-0.4, -0.2) is 41.2 Å². The van der Waals surface area contributed by atoms with Crippen LogP contribution in [0.1, 0.15) is 12.5 Å². The molecule has 9 heteroatoms. The highest BCUT2D eigenvalue weighted by atomic mass is 19.4. The molecule has 23 heavy (non-hydrogen) atoms. The number of halogens is 3. The van der Waals surface area contributed by atoms with E-state index in [1.165, 1.54) is 0 Å². The third kappa shape index (κ3) is 5.97. The quantitative estimate of drug-likeness (QED) is 0.720. The first kappa shape index (κ1) is 18.5. The van der Waals surface area contributed by atoms with Gasteiger partial charge in [-0.3, -0.25) is 14.4 Å². The van der Waals surface area contributed by atoms with Gasteiger partial charge in [0.15, 0.2) is 0 Å². The molecule has 1 rings (SSSR count). The van der Waals surface area contributed by atoms with Crippen LogP contribution in [0.3, 0.4) is 0 Å². The number of alkyl halides is 3. The van der Waals surface area contributed by atoms with Gasteiger partial charge in [0, 0.05) is 6.42 Å². The normalized spacial score (nSPS) is 13.7. The Bertz CT molecular complexity index is 575. The van der Waals surface area contributed by atoms with Gasteiger partial charge >= 0.3 is 18.1 Å². The third-order valence-electron chi connectivity index (χ3n) is 2.89. The molecule has 3 N–H and O–H groups in total. The van der Waals surface area contributed by atoms with Crippen molar-refractivity contribution >= 4 is 17.8 Å². The maximum atomic E-state index is 12.4. The van der Waals surface area contributed by atoms with E-state index in [9.17, 15) is 27.6 Å². The van der Waals surface area contributed by atoms with Crippen LogP contribution in [0, 0.1) is 0 Å². The van der Waals surface area contributed by atoms with Crippen LogP contribution in [0.15, 0.2) is 30.3 Å². The number of amides is 2. The summed E-state index contributed by atoms with van der Waals surface area (Å²) in [6.07, 6.45) is -5.35. The zero-order valence-corrected chi connectivity index (χ0v) is 12.1. The Hall–Kier alpha value is -2.58. The highest BCUT2D eigenvalue weighted by Crippen LogP contribution is 2.15. The predicted molar refractivity (Wildman–Crippen MR) is 73.4 cm³/mol. The molecule has 2 atom stereocenters. The van der Waals surface area contributed by atoms with Crippen LogP contribution in [-0.2, 0) is 20.8 Å². The highest BCUT2D eigenvalue weighted by molar-refractivity contribution is 5.91. The molecule has 0 unspecified atom stereocenters. The minimum Gasteiger partial charge on any atom is -0.480 e. The number of aliphatic carboxylic acids is 1.